The lowest BCUT2D eigenvalue weighted by molar-refractivity contribution is -0.140. The number of hydrogen-bond acceptors (Lipinski definition) is 6. The first-order chi connectivity index (χ1) is 14.1. The summed E-state index contributed by atoms with van der Waals surface area (Å²) >= 11 is 4.85. The summed E-state index contributed by atoms with van der Waals surface area (Å²) in [5, 5.41) is 12.9. The zero-order valence-corrected chi connectivity index (χ0v) is 18.1. The maximum Gasteiger partial charge on any atom is 0.295 e. The number of Topliss-reactive ketones (excluding diaryl/α,β-unsaturated/α-hetero) is 1. The molecule has 0 aliphatic carbocycles. The summed E-state index contributed by atoms with van der Waals surface area (Å²) in [7, 11) is 0. The maximum atomic E-state index is 12.9. The van der Waals surface area contributed by atoms with Crippen LogP contribution in [0.25, 0.3) is 5.76 Å². The quantitative estimate of drug-likeness (QED) is 0.407. The lowest BCUT2D eigenvalue weighted by atomic mass is 10.00. The Hall–Kier alpha value is -2.00. The summed E-state index contributed by atoms with van der Waals surface area (Å²) in [6.07, 6.45) is 0. The smallest absolute Gasteiger partial charge is 0.295 e. The van der Waals surface area contributed by atoms with E-state index in [0.717, 1.165) is 22.4 Å². The Morgan fingerprint density at radius 1 is 1.14 bits per heavy atom. The molecule has 1 atom stereocenters. The number of ether oxygens (including phenoxy) is 1. The van der Waals surface area contributed by atoms with Gasteiger partial charge in [0.05, 0.1) is 24.8 Å². The molecule has 0 radical (unpaired) electrons. The molecule has 2 fully saturated rings. The van der Waals surface area contributed by atoms with Crippen LogP contribution in [0.15, 0.2) is 51.8 Å². The van der Waals surface area contributed by atoms with Crippen molar-refractivity contribution in [2.45, 2.75) is 6.04 Å². The molecule has 3 heterocycles. The van der Waals surface area contributed by atoms with E-state index in [1.54, 1.807) is 29.2 Å². The predicted molar refractivity (Wildman–Crippen MR) is 115 cm³/mol. The first kappa shape index (κ1) is 20.3. The van der Waals surface area contributed by atoms with E-state index in [-0.39, 0.29) is 11.3 Å². The van der Waals surface area contributed by atoms with Crippen LogP contribution in [-0.2, 0) is 14.3 Å². The molecule has 2 saturated heterocycles. The number of likely N-dealkylation sites (tertiary alicyclic amines) is 1. The first-order valence-electron chi connectivity index (χ1n) is 9.44. The molecule has 0 unspecified atom stereocenters. The van der Waals surface area contributed by atoms with Gasteiger partial charge in [-0.25, -0.2) is 0 Å². The first-order valence-corrected chi connectivity index (χ1v) is 11.1. The third kappa shape index (κ3) is 4.16. The number of halogens is 1. The van der Waals surface area contributed by atoms with Crippen molar-refractivity contribution in [3.63, 3.8) is 0 Å². The average Bonchev–Trinajstić information content (AvgIpc) is 3.35. The SMILES string of the molecule is O=C1C(=O)N(CCN2CCOCC2)[C@@H](c2cccs2)C1=C(O)c1ccc(Br)cc1. The van der Waals surface area contributed by atoms with Crippen molar-refractivity contribution in [3.05, 3.63) is 62.3 Å². The Morgan fingerprint density at radius 3 is 2.52 bits per heavy atom. The molecule has 152 valence electrons. The van der Waals surface area contributed by atoms with E-state index in [1.807, 2.05) is 17.5 Å². The summed E-state index contributed by atoms with van der Waals surface area (Å²) in [5.41, 5.74) is 0.669. The minimum atomic E-state index is -0.634. The third-order valence-corrected chi connectivity index (χ3v) is 6.68. The van der Waals surface area contributed by atoms with Crippen molar-refractivity contribution in [1.29, 1.82) is 0 Å². The van der Waals surface area contributed by atoms with Gasteiger partial charge in [-0.1, -0.05) is 34.1 Å². The Morgan fingerprint density at radius 2 is 1.86 bits per heavy atom. The highest BCUT2D eigenvalue weighted by atomic mass is 79.9. The normalized spacial score (nSPS) is 22.4. The number of morpholine rings is 1. The van der Waals surface area contributed by atoms with Gasteiger partial charge in [-0.05, 0) is 23.6 Å². The van der Waals surface area contributed by atoms with Crippen LogP contribution in [0.3, 0.4) is 0 Å². The van der Waals surface area contributed by atoms with Crippen LogP contribution in [0.1, 0.15) is 16.5 Å². The lowest BCUT2D eigenvalue weighted by Crippen LogP contribution is -2.42. The number of ketones is 1. The van der Waals surface area contributed by atoms with Gasteiger partial charge in [0.15, 0.2) is 0 Å². The summed E-state index contributed by atoms with van der Waals surface area (Å²) in [4.78, 5) is 30.5. The summed E-state index contributed by atoms with van der Waals surface area (Å²) < 4.78 is 6.25. The van der Waals surface area contributed by atoms with E-state index in [4.69, 9.17) is 4.74 Å². The number of aliphatic hydroxyl groups excluding tert-OH is 1. The highest BCUT2D eigenvalue weighted by Crippen LogP contribution is 2.41. The number of amides is 1. The van der Waals surface area contributed by atoms with Crippen molar-refractivity contribution in [2.24, 2.45) is 0 Å². The zero-order chi connectivity index (χ0) is 20.4. The molecular formula is C21H21BrN2O4S. The van der Waals surface area contributed by atoms with E-state index >= 15 is 0 Å². The second kappa shape index (κ2) is 8.79. The second-order valence-electron chi connectivity index (χ2n) is 6.97. The van der Waals surface area contributed by atoms with Gasteiger partial charge >= 0.3 is 0 Å². The third-order valence-electron chi connectivity index (χ3n) is 5.23. The molecule has 0 saturated carbocycles. The van der Waals surface area contributed by atoms with Gasteiger partial charge in [-0.3, -0.25) is 14.5 Å². The van der Waals surface area contributed by atoms with Gasteiger partial charge in [0.2, 0.25) is 0 Å². The highest BCUT2D eigenvalue weighted by Gasteiger charge is 2.46. The van der Waals surface area contributed by atoms with Gasteiger partial charge in [0, 0.05) is 41.1 Å². The number of rotatable bonds is 5. The molecule has 0 bridgehead atoms. The van der Waals surface area contributed by atoms with Crippen molar-refractivity contribution >= 4 is 44.7 Å². The summed E-state index contributed by atoms with van der Waals surface area (Å²) in [6.45, 7) is 4.06. The molecular weight excluding hydrogens is 456 g/mol. The molecule has 2 aliphatic heterocycles. The number of nitrogens with zero attached hydrogens (tertiary/aromatic N) is 2. The molecule has 4 rings (SSSR count). The van der Waals surface area contributed by atoms with Crippen molar-refractivity contribution in [1.82, 2.24) is 9.80 Å². The fraction of sp³-hybridized carbons (Fsp3) is 0.333. The van der Waals surface area contributed by atoms with Gasteiger partial charge in [-0.15, -0.1) is 11.3 Å². The predicted octanol–water partition coefficient (Wildman–Crippen LogP) is 3.26. The lowest BCUT2D eigenvalue weighted by Gasteiger charge is -2.30. The molecule has 6 nitrogen and oxygen atoms in total. The molecule has 0 spiro atoms. The monoisotopic (exact) mass is 476 g/mol. The molecule has 1 amide bonds. The number of carbonyl (C=O) groups excluding carboxylic acids is 2. The van der Waals surface area contributed by atoms with Crippen LogP contribution in [0.4, 0.5) is 0 Å². The van der Waals surface area contributed by atoms with Gasteiger partial charge in [0.1, 0.15) is 5.76 Å². The Bertz CT molecular complexity index is 921. The minimum absolute atomic E-state index is 0.136. The Kier molecular flexibility index (Phi) is 6.15. The van der Waals surface area contributed by atoms with Gasteiger partial charge < -0.3 is 14.7 Å². The Labute approximate surface area is 181 Å². The van der Waals surface area contributed by atoms with Crippen molar-refractivity contribution in [2.75, 3.05) is 39.4 Å². The van der Waals surface area contributed by atoms with Gasteiger partial charge in [0.25, 0.3) is 11.7 Å². The van der Waals surface area contributed by atoms with E-state index in [0.29, 0.717) is 31.9 Å². The molecule has 29 heavy (non-hydrogen) atoms. The van der Waals surface area contributed by atoms with Crippen LogP contribution in [-0.4, -0.2) is 66.0 Å². The molecule has 8 heteroatoms. The molecule has 1 N–H and O–H groups in total. The van der Waals surface area contributed by atoms with Crippen LogP contribution in [0.5, 0.6) is 0 Å². The fourth-order valence-corrected chi connectivity index (χ4v) is 4.80. The van der Waals surface area contributed by atoms with Crippen molar-refractivity contribution in [3.8, 4) is 0 Å². The molecule has 1 aromatic carbocycles. The standard InChI is InChI=1S/C21H21BrN2O4S/c22-15-5-3-14(4-6-15)19(25)17-18(16-2-1-13-29-16)24(21(27)20(17)26)8-7-23-9-11-28-12-10-23/h1-6,13,18,25H,7-12H2/t18-/m0/s1. The fourth-order valence-electron chi connectivity index (χ4n) is 3.69. The van der Waals surface area contributed by atoms with Gasteiger partial charge in [-0.2, -0.15) is 0 Å². The minimum Gasteiger partial charge on any atom is -0.507 e. The zero-order valence-electron chi connectivity index (χ0n) is 15.7. The second-order valence-corrected chi connectivity index (χ2v) is 8.86. The van der Waals surface area contributed by atoms with Crippen LogP contribution in [0, 0.1) is 0 Å². The highest BCUT2D eigenvalue weighted by molar-refractivity contribution is 9.10. The van der Waals surface area contributed by atoms with Crippen LogP contribution >= 0.6 is 27.3 Å². The average molecular weight is 477 g/mol. The number of carbonyl (C=O) groups is 2. The summed E-state index contributed by atoms with van der Waals surface area (Å²) in [6, 6.07) is 10.3. The number of aliphatic hydroxyl groups is 1. The van der Waals surface area contributed by atoms with Crippen LogP contribution in [0.2, 0.25) is 0 Å². The largest absolute Gasteiger partial charge is 0.507 e. The number of thiophene rings is 1. The topological polar surface area (TPSA) is 70.1 Å². The van der Waals surface area contributed by atoms with Crippen LogP contribution < -0.4 is 0 Å². The molecule has 2 aromatic rings. The number of hydrogen-bond donors (Lipinski definition) is 1. The molecule has 1 aromatic heterocycles. The van der Waals surface area contributed by atoms with E-state index < -0.39 is 17.7 Å². The maximum absolute atomic E-state index is 12.9. The Balaban J connectivity index is 1.68. The van der Waals surface area contributed by atoms with E-state index in [1.165, 1.54) is 11.3 Å². The molecule has 2 aliphatic rings. The number of benzene rings is 1. The summed E-state index contributed by atoms with van der Waals surface area (Å²) in [5.74, 6) is -1.33. The van der Waals surface area contributed by atoms with E-state index in [9.17, 15) is 14.7 Å². The van der Waals surface area contributed by atoms with E-state index in [2.05, 4.69) is 20.8 Å². The van der Waals surface area contributed by atoms with Crippen molar-refractivity contribution < 1.29 is 19.4 Å².